The third-order valence-electron chi connectivity index (χ3n) is 3.15. The summed E-state index contributed by atoms with van der Waals surface area (Å²) < 4.78 is 5.19. The first-order valence-corrected chi connectivity index (χ1v) is 6.14. The Kier molecular flexibility index (Phi) is 4.28. The number of pyridine rings is 1. The van der Waals surface area contributed by atoms with Crippen LogP contribution in [0.15, 0.2) is 24.5 Å². The van der Waals surface area contributed by atoms with Crippen molar-refractivity contribution in [2.24, 2.45) is 0 Å². The third-order valence-corrected chi connectivity index (χ3v) is 3.15. The molecule has 0 spiro atoms. The maximum atomic E-state index is 11.7. The maximum absolute atomic E-state index is 11.7. The Labute approximate surface area is 106 Å². The van der Waals surface area contributed by atoms with Crippen molar-refractivity contribution in [3.8, 4) is 0 Å². The summed E-state index contributed by atoms with van der Waals surface area (Å²) in [6.07, 6.45) is 4.78. The highest BCUT2D eigenvalue weighted by Crippen LogP contribution is 2.19. The van der Waals surface area contributed by atoms with Gasteiger partial charge in [0.2, 0.25) is 5.91 Å². The molecule has 0 unspecified atom stereocenters. The average Bonchev–Trinajstić information content (AvgIpc) is 2.39. The van der Waals surface area contributed by atoms with Crippen LogP contribution in [0.4, 0.5) is 0 Å². The molecule has 18 heavy (non-hydrogen) atoms. The van der Waals surface area contributed by atoms with E-state index in [0.717, 1.165) is 5.56 Å². The smallest absolute Gasteiger partial charge is 0.224 e. The van der Waals surface area contributed by atoms with E-state index in [-0.39, 0.29) is 5.91 Å². The number of aliphatic hydroxyl groups is 1. The van der Waals surface area contributed by atoms with Gasteiger partial charge in [0.25, 0.3) is 0 Å². The van der Waals surface area contributed by atoms with Crippen molar-refractivity contribution in [2.75, 3.05) is 19.8 Å². The van der Waals surface area contributed by atoms with Gasteiger partial charge in [0, 0.05) is 45.0 Å². The average molecular weight is 250 g/mol. The van der Waals surface area contributed by atoms with E-state index < -0.39 is 5.60 Å². The largest absolute Gasteiger partial charge is 0.388 e. The fourth-order valence-corrected chi connectivity index (χ4v) is 1.94. The zero-order chi connectivity index (χ0) is 12.8. The Morgan fingerprint density at radius 1 is 1.39 bits per heavy atom. The molecule has 1 aromatic rings. The predicted molar refractivity (Wildman–Crippen MR) is 66.0 cm³/mol. The van der Waals surface area contributed by atoms with Gasteiger partial charge in [0.05, 0.1) is 12.0 Å². The molecule has 0 atom stereocenters. The summed E-state index contributed by atoms with van der Waals surface area (Å²) in [5.74, 6) is -0.0823. The Balaban J connectivity index is 1.78. The molecule has 0 saturated carbocycles. The van der Waals surface area contributed by atoms with E-state index in [1.807, 2.05) is 12.1 Å². The summed E-state index contributed by atoms with van der Waals surface area (Å²) in [6.45, 7) is 1.40. The van der Waals surface area contributed by atoms with Gasteiger partial charge in [-0.2, -0.15) is 0 Å². The molecule has 1 saturated heterocycles. The van der Waals surface area contributed by atoms with Gasteiger partial charge in [-0.15, -0.1) is 0 Å². The number of carbonyl (C=O) groups is 1. The number of carbonyl (C=O) groups excluding carboxylic acids is 1. The fraction of sp³-hybridized carbons (Fsp3) is 0.538. The van der Waals surface area contributed by atoms with Crippen molar-refractivity contribution in [1.82, 2.24) is 10.3 Å². The molecule has 5 nitrogen and oxygen atoms in total. The number of rotatable bonds is 4. The molecule has 1 fully saturated rings. The van der Waals surface area contributed by atoms with Gasteiger partial charge in [0.15, 0.2) is 0 Å². The quantitative estimate of drug-likeness (QED) is 0.805. The first-order chi connectivity index (χ1) is 8.68. The molecule has 1 aliphatic rings. The van der Waals surface area contributed by atoms with Crippen molar-refractivity contribution in [1.29, 1.82) is 0 Å². The minimum absolute atomic E-state index is 0.0823. The van der Waals surface area contributed by atoms with Crippen LogP contribution in [0.25, 0.3) is 0 Å². The second-order valence-corrected chi connectivity index (χ2v) is 4.65. The van der Waals surface area contributed by atoms with Crippen molar-refractivity contribution in [3.63, 3.8) is 0 Å². The number of hydrogen-bond acceptors (Lipinski definition) is 4. The summed E-state index contributed by atoms with van der Waals surface area (Å²) in [6, 6.07) is 3.62. The molecule has 0 aliphatic carbocycles. The van der Waals surface area contributed by atoms with Crippen LogP contribution in [0, 0.1) is 0 Å². The minimum Gasteiger partial charge on any atom is -0.388 e. The molecule has 2 heterocycles. The molecule has 5 heteroatoms. The zero-order valence-corrected chi connectivity index (χ0v) is 10.3. The molecule has 1 amide bonds. The topological polar surface area (TPSA) is 71.5 Å². The highest BCUT2D eigenvalue weighted by Gasteiger charge is 2.29. The highest BCUT2D eigenvalue weighted by molar-refractivity contribution is 5.78. The second-order valence-electron chi connectivity index (χ2n) is 4.65. The second kappa shape index (κ2) is 5.93. The first-order valence-electron chi connectivity index (χ1n) is 6.14. The molecule has 0 radical (unpaired) electrons. The van der Waals surface area contributed by atoms with E-state index >= 15 is 0 Å². The lowest BCUT2D eigenvalue weighted by Gasteiger charge is -2.32. The van der Waals surface area contributed by atoms with Crippen LogP contribution in [0.3, 0.4) is 0 Å². The molecule has 0 aromatic carbocycles. The number of nitrogens with zero attached hydrogens (tertiary/aromatic N) is 1. The molecule has 1 aromatic heterocycles. The van der Waals surface area contributed by atoms with Gasteiger partial charge >= 0.3 is 0 Å². The summed E-state index contributed by atoms with van der Waals surface area (Å²) in [7, 11) is 0. The first kappa shape index (κ1) is 13.0. The van der Waals surface area contributed by atoms with Crippen LogP contribution in [0.5, 0.6) is 0 Å². The Morgan fingerprint density at radius 2 is 2.06 bits per heavy atom. The van der Waals surface area contributed by atoms with Crippen LogP contribution >= 0.6 is 0 Å². The summed E-state index contributed by atoms with van der Waals surface area (Å²) in [5.41, 5.74) is 0.105. The van der Waals surface area contributed by atoms with E-state index in [1.54, 1.807) is 12.4 Å². The summed E-state index contributed by atoms with van der Waals surface area (Å²) in [5, 5.41) is 13.0. The molecule has 2 rings (SSSR count). The molecular formula is C13H18N2O3. The zero-order valence-electron chi connectivity index (χ0n) is 10.3. The van der Waals surface area contributed by atoms with Crippen LogP contribution in [-0.4, -0.2) is 41.4 Å². The molecule has 2 N–H and O–H groups in total. The van der Waals surface area contributed by atoms with Crippen molar-refractivity contribution < 1.29 is 14.6 Å². The minimum atomic E-state index is -0.813. The van der Waals surface area contributed by atoms with E-state index in [9.17, 15) is 9.90 Å². The van der Waals surface area contributed by atoms with Crippen molar-refractivity contribution in [2.45, 2.75) is 24.9 Å². The van der Waals surface area contributed by atoms with Crippen LogP contribution < -0.4 is 5.32 Å². The van der Waals surface area contributed by atoms with Gasteiger partial charge in [-0.1, -0.05) is 0 Å². The van der Waals surface area contributed by atoms with E-state index in [0.29, 0.717) is 39.0 Å². The van der Waals surface area contributed by atoms with E-state index in [2.05, 4.69) is 10.3 Å². The Bertz CT molecular complexity index is 388. The summed E-state index contributed by atoms with van der Waals surface area (Å²) in [4.78, 5) is 15.6. The van der Waals surface area contributed by atoms with Crippen LogP contribution in [-0.2, 0) is 16.0 Å². The molecule has 1 aliphatic heterocycles. The SMILES string of the molecule is O=C(Cc1ccncc1)NCC1(O)CCOCC1. The van der Waals surface area contributed by atoms with E-state index in [4.69, 9.17) is 4.74 Å². The Morgan fingerprint density at radius 3 is 2.72 bits per heavy atom. The fourth-order valence-electron chi connectivity index (χ4n) is 1.94. The standard InChI is InChI=1S/C13H18N2O3/c16-12(9-11-1-5-14-6-2-11)15-10-13(17)3-7-18-8-4-13/h1-2,5-6,17H,3-4,7-10H2,(H,15,16). The lowest BCUT2D eigenvalue weighted by molar-refractivity contribution is -0.123. The number of aromatic nitrogens is 1. The molecule has 98 valence electrons. The van der Waals surface area contributed by atoms with Gasteiger partial charge in [0.1, 0.15) is 0 Å². The maximum Gasteiger partial charge on any atom is 0.224 e. The lowest BCUT2D eigenvalue weighted by Crippen LogP contribution is -2.46. The van der Waals surface area contributed by atoms with Gasteiger partial charge in [-0.25, -0.2) is 0 Å². The van der Waals surface area contributed by atoms with Gasteiger partial charge in [-0.3, -0.25) is 9.78 Å². The number of ether oxygens (including phenoxy) is 1. The van der Waals surface area contributed by atoms with Crippen molar-refractivity contribution in [3.05, 3.63) is 30.1 Å². The number of amides is 1. The van der Waals surface area contributed by atoms with E-state index in [1.165, 1.54) is 0 Å². The summed E-state index contributed by atoms with van der Waals surface area (Å²) >= 11 is 0. The molecule has 0 bridgehead atoms. The number of hydrogen-bond donors (Lipinski definition) is 2. The van der Waals surface area contributed by atoms with Crippen LogP contribution in [0.2, 0.25) is 0 Å². The molecular weight excluding hydrogens is 232 g/mol. The number of nitrogens with one attached hydrogen (secondary N) is 1. The lowest BCUT2D eigenvalue weighted by atomic mass is 9.94. The monoisotopic (exact) mass is 250 g/mol. The van der Waals surface area contributed by atoms with Crippen molar-refractivity contribution >= 4 is 5.91 Å². The normalized spacial score (nSPS) is 18.3. The van der Waals surface area contributed by atoms with Crippen LogP contribution in [0.1, 0.15) is 18.4 Å². The van der Waals surface area contributed by atoms with Gasteiger partial charge < -0.3 is 15.2 Å². The van der Waals surface area contributed by atoms with Gasteiger partial charge in [-0.05, 0) is 17.7 Å². The third kappa shape index (κ3) is 3.78. The Hall–Kier alpha value is -1.46. The highest BCUT2D eigenvalue weighted by atomic mass is 16.5. The predicted octanol–water partition coefficient (Wildman–Crippen LogP) is 0.282.